The first-order valence-electron chi connectivity index (χ1n) is 7.46. The first-order chi connectivity index (χ1) is 10.1. The number of urea groups is 1. The Morgan fingerprint density at radius 2 is 2.00 bits per heavy atom. The molecule has 0 bridgehead atoms. The summed E-state index contributed by atoms with van der Waals surface area (Å²) in [5.74, 6) is 1.31. The highest BCUT2D eigenvalue weighted by Crippen LogP contribution is 2.23. The summed E-state index contributed by atoms with van der Waals surface area (Å²) in [5, 5.41) is 8.99. The quantitative estimate of drug-likeness (QED) is 0.848. The molecule has 2 aliphatic rings. The maximum absolute atomic E-state index is 12.6. The largest absolute Gasteiger partial charge is 0.481 e. The van der Waals surface area contributed by atoms with E-state index in [0.29, 0.717) is 12.5 Å². The van der Waals surface area contributed by atoms with Crippen LogP contribution in [0.15, 0.2) is 0 Å². The van der Waals surface area contributed by atoms with Gasteiger partial charge in [0.25, 0.3) is 0 Å². The fourth-order valence-electron chi connectivity index (χ4n) is 2.99. The zero-order valence-electron chi connectivity index (χ0n) is 12.5. The Morgan fingerprint density at radius 3 is 2.62 bits per heavy atom. The number of carbonyl (C=O) groups is 2. The van der Waals surface area contributed by atoms with E-state index in [1.807, 2.05) is 4.90 Å². The number of carbonyl (C=O) groups excluding carboxylic acids is 1. The van der Waals surface area contributed by atoms with Crippen molar-refractivity contribution in [2.45, 2.75) is 25.3 Å². The van der Waals surface area contributed by atoms with Crippen molar-refractivity contribution in [3.8, 4) is 0 Å². The molecule has 1 N–H and O–H groups in total. The maximum Gasteiger partial charge on any atom is 0.320 e. The fourth-order valence-corrected chi connectivity index (χ4v) is 4.05. The predicted molar refractivity (Wildman–Crippen MR) is 81.6 cm³/mol. The van der Waals surface area contributed by atoms with Crippen molar-refractivity contribution >= 4 is 23.8 Å². The highest BCUT2D eigenvalue weighted by Gasteiger charge is 2.33. The first-order valence-corrected chi connectivity index (χ1v) is 8.61. The van der Waals surface area contributed by atoms with Gasteiger partial charge >= 0.3 is 12.0 Å². The van der Waals surface area contributed by atoms with E-state index < -0.39 is 5.97 Å². The van der Waals surface area contributed by atoms with Crippen LogP contribution in [0.2, 0.25) is 0 Å². The Hall–Kier alpha value is -0.950. The van der Waals surface area contributed by atoms with Gasteiger partial charge in [0.2, 0.25) is 0 Å². The van der Waals surface area contributed by atoms with Crippen LogP contribution in [0.3, 0.4) is 0 Å². The van der Waals surface area contributed by atoms with E-state index in [-0.39, 0.29) is 18.5 Å². The molecule has 120 valence electrons. The summed E-state index contributed by atoms with van der Waals surface area (Å²) in [6, 6.07) is -0.164. The van der Waals surface area contributed by atoms with Gasteiger partial charge in [-0.25, -0.2) is 4.79 Å². The van der Waals surface area contributed by atoms with E-state index in [0.717, 1.165) is 44.0 Å². The number of amides is 2. The number of ether oxygens (including phenoxy) is 1. The lowest BCUT2D eigenvalue weighted by Crippen LogP contribution is -2.54. The third-order valence-electron chi connectivity index (χ3n) is 4.17. The molecule has 1 atom stereocenters. The molecule has 0 aliphatic carbocycles. The van der Waals surface area contributed by atoms with Crippen LogP contribution in [-0.4, -0.2) is 77.8 Å². The minimum atomic E-state index is -0.834. The van der Waals surface area contributed by atoms with Crippen LogP contribution in [0.4, 0.5) is 4.79 Å². The molecule has 0 spiro atoms. The Kier molecular flexibility index (Phi) is 6.17. The van der Waals surface area contributed by atoms with Gasteiger partial charge in [-0.1, -0.05) is 0 Å². The molecule has 2 aliphatic heterocycles. The van der Waals surface area contributed by atoms with Gasteiger partial charge in [-0.15, -0.1) is 0 Å². The summed E-state index contributed by atoms with van der Waals surface area (Å²) >= 11 is 1.73. The van der Waals surface area contributed by atoms with Gasteiger partial charge < -0.3 is 19.6 Å². The van der Waals surface area contributed by atoms with E-state index in [1.165, 1.54) is 0 Å². The van der Waals surface area contributed by atoms with Crippen LogP contribution < -0.4 is 0 Å². The maximum atomic E-state index is 12.6. The zero-order chi connectivity index (χ0) is 15.2. The molecule has 7 heteroatoms. The van der Waals surface area contributed by atoms with Crippen molar-refractivity contribution < 1.29 is 19.4 Å². The SMILES string of the molecule is COCC1CCN(C(=O)N2CCSCC2CC(=O)O)CC1. The molecule has 1 unspecified atom stereocenters. The third kappa shape index (κ3) is 4.51. The Balaban J connectivity index is 1.90. The number of methoxy groups -OCH3 is 1. The van der Waals surface area contributed by atoms with E-state index >= 15 is 0 Å². The topological polar surface area (TPSA) is 70.1 Å². The highest BCUT2D eigenvalue weighted by molar-refractivity contribution is 7.99. The minimum absolute atomic E-state index is 0.0115. The summed E-state index contributed by atoms with van der Waals surface area (Å²) in [7, 11) is 1.71. The van der Waals surface area contributed by atoms with E-state index in [9.17, 15) is 9.59 Å². The van der Waals surface area contributed by atoms with Crippen molar-refractivity contribution in [2.24, 2.45) is 5.92 Å². The van der Waals surface area contributed by atoms with Gasteiger partial charge in [-0.2, -0.15) is 11.8 Å². The second-order valence-corrected chi connectivity index (χ2v) is 6.84. The van der Waals surface area contributed by atoms with Crippen molar-refractivity contribution in [1.82, 2.24) is 9.80 Å². The molecule has 0 saturated carbocycles. The summed E-state index contributed by atoms with van der Waals surface area (Å²) in [6.45, 7) is 2.90. The minimum Gasteiger partial charge on any atom is -0.481 e. The lowest BCUT2D eigenvalue weighted by Gasteiger charge is -2.40. The molecule has 0 aromatic rings. The van der Waals surface area contributed by atoms with Crippen LogP contribution in [0.5, 0.6) is 0 Å². The van der Waals surface area contributed by atoms with Gasteiger partial charge in [0, 0.05) is 44.9 Å². The molecule has 2 saturated heterocycles. The molecule has 21 heavy (non-hydrogen) atoms. The Bertz CT molecular complexity index is 372. The fraction of sp³-hybridized carbons (Fsp3) is 0.857. The number of piperidine rings is 1. The van der Waals surface area contributed by atoms with Crippen LogP contribution in [0, 0.1) is 5.92 Å². The summed E-state index contributed by atoms with van der Waals surface area (Å²) in [5.41, 5.74) is 0. The Labute approximate surface area is 129 Å². The van der Waals surface area contributed by atoms with Crippen LogP contribution in [0.25, 0.3) is 0 Å². The predicted octanol–water partition coefficient (Wildman–Crippen LogP) is 1.36. The van der Waals surface area contributed by atoms with E-state index in [2.05, 4.69) is 0 Å². The van der Waals surface area contributed by atoms with Gasteiger partial charge in [-0.3, -0.25) is 4.79 Å². The number of nitrogens with zero attached hydrogens (tertiary/aromatic N) is 2. The third-order valence-corrected chi connectivity index (χ3v) is 5.26. The molecule has 0 aromatic carbocycles. The van der Waals surface area contributed by atoms with Gasteiger partial charge in [0.15, 0.2) is 0 Å². The van der Waals surface area contributed by atoms with Crippen molar-refractivity contribution in [3.63, 3.8) is 0 Å². The normalized spacial score (nSPS) is 24.1. The first kappa shape index (κ1) is 16.4. The second-order valence-electron chi connectivity index (χ2n) is 5.69. The van der Waals surface area contributed by atoms with Crippen molar-refractivity contribution in [3.05, 3.63) is 0 Å². The lowest BCUT2D eigenvalue weighted by atomic mass is 9.98. The Morgan fingerprint density at radius 1 is 1.29 bits per heavy atom. The van der Waals surface area contributed by atoms with E-state index in [4.69, 9.17) is 9.84 Å². The molecule has 6 nitrogen and oxygen atoms in total. The number of rotatable bonds is 4. The highest BCUT2D eigenvalue weighted by atomic mass is 32.2. The summed E-state index contributed by atoms with van der Waals surface area (Å²) in [4.78, 5) is 27.2. The number of hydrogen-bond acceptors (Lipinski definition) is 4. The van der Waals surface area contributed by atoms with Crippen LogP contribution in [-0.2, 0) is 9.53 Å². The summed E-state index contributed by atoms with van der Waals surface area (Å²) in [6.07, 6.45) is 1.97. The van der Waals surface area contributed by atoms with E-state index in [1.54, 1.807) is 23.8 Å². The number of likely N-dealkylation sites (tertiary alicyclic amines) is 1. The number of carboxylic acid groups (broad SMARTS) is 1. The molecule has 0 radical (unpaired) electrons. The van der Waals surface area contributed by atoms with Crippen LogP contribution in [0.1, 0.15) is 19.3 Å². The van der Waals surface area contributed by atoms with Crippen LogP contribution >= 0.6 is 11.8 Å². The number of aliphatic carboxylic acids is 1. The molecule has 2 fully saturated rings. The molecular formula is C14H24N2O4S. The van der Waals surface area contributed by atoms with Gasteiger partial charge in [0.1, 0.15) is 0 Å². The van der Waals surface area contributed by atoms with Gasteiger partial charge in [0.05, 0.1) is 12.5 Å². The molecule has 2 amide bonds. The number of carboxylic acids is 1. The lowest BCUT2D eigenvalue weighted by molar-refractivity contribution is -0.138. The monoisotopic (exact) mass is 316 g/mol. The molecule has 2 heterocycles. The molecule has 2 rings (SSSR count). The average Bonchev–Trinajstić information content (AvgIpc) is 2.48. The van der Waals surface area contributed by atoms with Crippen molar-refractivity contribution in [2.75, 3.05) is 44.9 Å². The summed E-state index contributed by atoms with van der Waals surface area (Å²) < 4.78 is 5.17. The smallest absolute Gasteiger partial charge is 0.320 e. The average molecular weight is 316 g/mol. The number of thioether (sulfide) groups is 1. The standard InChI is InChI=1S/C14H24N2O4S/c1-20-9-11-2-4-15(5-3-11)14(19)16-6-7-21-10-12(16)8-13(17)18/h11-12H,2-10H2,1H3,(H,17,18). The van der Waals surface area contributed by atoms with Crippen molar-refractivity contribution in [1.29, 1.82) is 0 Å². The second kappa shape index (κ2) is 7.89. The number of hydrogen-bond donors (Lipinski definition) is 1. The zero-order valence-corrected chi connectivity index (χ0v) is 13.3. The molecule has 0 aromatic heterocycles. The van der Waals surface area contributed by atoms with Gasteiger partial charge in [-0.05, 0) is 18.8 Å². The molecular weight excluding hydrogens is 292 g/mol.